The molecular weight excluding hydrogens is 330 g/mol. The van der Waals surface area contributed by atoms with Gasteiger partial charge in [-0.1, -0.05) is 0 Å². The van der Waals surface area contributed by atoms with E-state index in [1.807, 2.05) is 53.7 Å². The summed E-state index contributed by atoms with van der Waals surface area (Å²) in [5, 5.41) is 0. The van der Waals surface area contributed by atoms with Crippen molar-refractivity contribution in [3.63, 3.8) is 0 Å². The van der Waals surface area contributed by atoms with Gasteiger partial charge in [0.25, 0.3) is 0 Å². The number of aromatic nitrogens is 1. The van der Waals surface area contributed by atoms with E-state index in [0.717, 1.165) is 16.7 Å². The van der Waals surface area contributed by atoms with Crippen LogP contribution in [0.2, 0.25) is 0 Å². The molecule has 0 saturated heterocycles. The number of hydrogen-bond donors (Lipinski definition) is 0. The average molecular weight is 357 g/mol. The second-order valence-corrected chi connectivity index (χ2v) is 6.97. The molecule has 0 aliphatic carbocycles. The molecule has 5 heteroatoms. The molecule has 0 bridgehead atoms. The number of nitrogens with zero attached hydrogens (tertiary/aromatic N) is 1. The Morgan fingerprint density at radius 2 is 1.58 bits per heavy atom. The molecule has 140 valence electrons. The van der Waals surface area contributed by atoms with Crippen LogP contribution in [0.3, 0.4) is 0 Å². The van der Waals surface area contributed by atoms with Crippen LogP contribution in [-0.2, 0) is 4.74 Å². The van der Waals surface area contributed by atoms with Crippen LogP contribution in [0.1, 0.15) is 50.5 Å². The van der Waals surface area contributed by atoms with Crippen molar-refractivity contribution < 1.29 is 19.0 Å². The van der Waals surface area contributed by atoms with Gasteiger partial charge in [-0.15, -0.1) is 0 Å². The van der Waals surface area contributed by atoms with Crippen molar-refractivity contribution in [1.29, 1.82) is 0 Å². The molecule has 0 saturated carbocycles. The van der Waals surface area contributed by atoms with Crippen molar-refractivity contribution in [2.45, 2.75) is 47.1 Å². The van der Waals surface area contributed by atoms with Gasteiger partial charge in [0, 0.05) is 18.0 Å². The second-order valence-electron chi connectivity index (χ2n) is 6.97. The number of carbonyl (C=O) groups excluding carboxylic acids is 1. The molecule has 26 heavy (non-hydrogen) atoms. The molecule has 0 radical (unpaired) electrons. The van der Waals surface area contributed by atoms with Crippen molar-refractivity contribution in [2.75, 3.05) is 13.2 Å². The van der Waals surface area contributed by atoms with Gasteiger partial charge in [0.05, 0.1) is 24.3 Å². The van der Waals surface area contributed by atoms with E-state index < -0.39 is 11.6 Å². The van der Waals surface area contributed by atoms with Gasteiger partial charge in [-0.25, -0.2) is 4.79 Å². The van der Waals surface area contributed by atoms with E-state index in [4.69, 9.17) is 14.2 Å². The molecule has 0 N–H and O–H groups in total. The summed E-state index contributed by atoms with van der Waals surface area (Å²) in [7, 11) is 0. The SMILES string of the molecule is CCOc1cc(C)cc(OCC)c1-c1cncc(C(=O)OC(C)(C)C)c1. The number of ether oxygens (including phenoxy) is 3. The number of rotatable bonds is 6. The molecule has 2 aromatic rings. The lowest BCUT2D eigenvalue weighted by molar-refractivity contribution is 0.00691. The fourth-order valence-electron chi connectivity index (χ4n) is 2.57. The van der Waals surface area contributed by atoms with Crippen LogP contribution in [0.25, 0.3) is 11.1 Å². The minimum atomic E-state index is -0.566. The van der Waals surface area contributed by atoms with E-state index in [-0.39, 0.29) is 0 Å². The molecule has 0 unspecified atom stereocenters. The monoisotopic (exact) mass is 357 g/mol. The van der Waals surface area contributed by atoms with E-state index in [9.17, 15) is 4.79 Å². The Bertz CT molecular complexity index is 751. The van der Waals surface area contributed by atoms with Crippen LogP contribution in [0, 0.1) is 6.92 Å². The third-order valence-corrected chi connectivity index (χ3v) is 3.47. The summed E-state index contributed by atoms with van der Waals surface area (Å²) >= 11 is 0. The number of benzene rings is 1. The third kappa shape index (κ3) is 4.97. The minimum Gasteiger partial charge on any atom is -0.493 e. The van der Waals surface area contributed by atoms with E-state index in [0.29, 0.717) is 30.3 Å². The lowest BCUT2D eigenvalue weighted by Gasteiger charge is -2.20. The number of hydrogen-bond acceptors (Lipinski definition) is 5. The Labute approximate surface area is 155 Å². The Hall–Kier alpha value is -2.56. The first-order valence-electron chi connectivity index (χ1n) is 8.84. The highest BCUT2D eigenvalue weighted by molar-refractivity contribution is 5.91. The highest BCUT2D eigenvalue weighted by atomic mass is 16.6. The lowest BCUT2D eigenvalue weighted by Crippen LogP contribution is -2.24. The smallest absolute Gasteiger partial charge is 0.340 e. The summed E-state index contributed by atoms with van der Waals surface area (Å²) in [6, 6.07) is 5.68. The van der Waals surface area contributed by atoms with Crippen LogP contribution in [-0.4, -0.2) is 29.8 Å². The van der Waals surface area contributed by atoms with Crippen molar-refractivity contribution in [3.05, 3.63) is 41.7 Å². The number of carbonyl (C=O) groups is 1. The lowest BCUT2D eigenvalue weighted by atomic mass is 10.0. The Morgan fingerprint density at radius 3 is 2.08 bits per heavy atom. The zero-order chi connectivity index (χ0) is 19.3. The Kier molecular flexibility index (Phi) is 6.24. The quantitative estimate of drug-likeness (QED) is 0.694. The maximum Gasteiger partial charge on any atom is 0.340 e. The van der Waals surface area contributed by atoms with Gasteiger partial charge in [0.1, 0.15) is 17.1 Å². The molecule has 5 nitrogen and oxygen atoms in total. The van der Waals surface area contributed by atoms with Crippen LogP contribution in [0.4, 0.5) is 0 Å². The zero-order valence-electron chi connectivity index (χ0n) is 16.4. The van der Waals surface area contributed by atoms with Crippen LogP contribution in [0.15, 0.2) is 30.6 Å². The predicted octanol–water partition coefficient (Wildman–Crippen LogP) is 4.81. The number of aryl methyl sites for hydroxylation is 1. The maximum absolute atomic E-state index is 12.4. The molecule has 0 aliphatic rings. The van der Waals surface area contributed by atoms with Gasteiger partial charge >= 0.3 is 5.97 Å². The van der Waals surface area contributed by atoms with Crippen LogP contribution in [0.5, 0.6) is 11.5 Å². The first-order valence-corrected chi connectivity index (χ1v) is 8.84. The van der Waals surface area contributed by atoms with Crippen molar-refractivity contribution in [3.8, 4) is 22.6 Å². The van der Waals surface area contributed by atoms with E-state index in [1.54, 1.807) is 12.3 Å². The summed E-state index contributed by atoms with van der Waals surface area (Å²) in [5.74, 6) is 1.01. The first kappa shape index (κ1) is 19.8. The number of esters is 1. The highest BCUT2D eigenvalue weighted by Gasteiger charge is 2.20. The maximum atomic E-state index is 12.4. The molecule has 1 heterocycles. The largest absolute Gasteiger partial charge is 0.493 e. The normalized spacial score (nSPS) is 11.2. The van der Waals surface area contributed by atoms with Crippen LogP contribution >= 0.6 is 0 Å². The zero-order valence-corrected chi connectivity index (χ0v) is 16.4. The van der Waals surface area contributed by atoms with Gasteiger partial charge in [0.2, 0.25) is 0 Å². The second kappa shape index (κ2) is 8.21. The van der Waals surface area contributed by atoms with E-state index in [2.05, 4.69) is 4.98 Å². The van der Waals surface area contributed by atoms with Gasteiger partial charge in [-0.2, -0.15) is 0 Å². The molecule has 1 aromatic carbocycles. The summed E-state index contributed by atoms with van der Waals surface area (Å²) in [5.41, 5.74) is 2.40. The fraction of sp³-hybridized carbons (Fsp3) is 0.429. The van der Waals surface area contributed by atoms with Crippen molar-refractivity contribution in [1.82, 2.24) is 4.98 Å². The molecule has 2 rings (SSSR count). The van der Waals surface area contributed by atoms with Gasteiger partial charge < -0.3 is 14.2 Å². The molecule has 0 amide bonds. The molecule has 0 atom stereocenters. The molecular formula is C21H27NO4. The third-order valence-electron chi connectivity index (χ3n) is 3.47. The number of pyridine rings is 1. The molecule has 1 aromatic heterocycles. The fourth-order valence-corrected chi connectivity index (χ4v) is 2.57. The van der Waals surface area contributed by atoms with E-state index in [1.165, 1.54) is 6.20 Å². The summed E-state index contributed by atoms with van der Waals surface area (Å²) < 4.78 is 17.1. The topological polar surface area (TPSA) is 57.7 Å². The highest BCUT2D eigenvalue weighted by Crippen LogP contribution is 2.40. The minimum absolute atomic E-state index is 0.392. The van der Waals surface area contributed by atoms with Crippen LogP contribution < -0.4 is 9.47 Å². The van der Waals surface area contributed by atoms with Crippen molar-refractivity contribution >= 4 is 5.97 Å². The van der Waals surface area contributed by atoms with Crippen molar-refractivity contribution in [2.24, 2.45) is 0 Å². The average Bonchev–Trinajstić information content (AvgIpc) is 2.54. The predicted molar refractivity (Wildman–Crippen MR) is 102 cm³/mol. The summed E-state index contributed by atoms with van der Waals surface area (Å²) in [4.78, 5) is 16.6. The Balaban J connectivity index is 2.53. The molecule has 0 aliphatic heterocycles. The summed E-state index contributed by atoms with van der Waals surface area (Å²) in [6.07, 6.45) is 3.20. The summed E-state index contributed by atoms with van der Waals surface area (Å²) in [6.45, 7) is 12.4. The molecule has 0 fully saturated rings. The standard InChI is InChI=1S/C21H27NO4/c1-7-24-17-9-14(3)10-18(25-8-2)19(17)15-11-16(13-22-12-15)20(23)26-21(4,5)6/h9-13H,7-8H2,1-6H3. The van der Waals surface area contributed by atoms with Gasteiger partial charge in [-0.3, -0.25) is 4.98 Å². The van der Waals surface area contributed by atoms with Gasteiger partial charge in [0.15, 0.2) is 0 Å². The Morgan fingerprint density at radius 1 is 1.00 bits per heavy atom. The van der Waals surface area contributed by atoms with Gasteiger partial charge in [-0.05, 0) is 65.3 Å². The van der Waals surface area contributed by atoms with E-state index >= 15 is 0 Å². The first-order chi connectivity index (χ1) is 12.2. The molecule has 0 spiro atoms.